The Balaban J connectivity index is 1.66. The summed E-state index contributed by atoms with van der Waals surface area (Å²) in [6.07, 6.45) is 3.56. The number of para-hydroxylation sites is 1. The average Bonchev–Trinajstić information content (AvgIpc) is 3.15. The molecule has 0 radical (unpaired) electrons. The normalized spacial score (nSPS) is 11.7. The Labute approximate surface area is 138 Å². The van der Waals surface area contributed by atoms with Gasteiger partial charge in [-0.1, -0.05) is 36.4 Å². The average molecular weight is 317 g/mol. The van der Waals surface area contributed by atoms with Crippen molar-refractivity contribution >= 4 is 44.2 Å². The second-order valence-electron chi connectivity index (χ2n) is 5.53. The zero-order valence-corrected chi connectivity index (χ0v) is 13.5. The lowest BCUT2D eigenvalue weighted by Gasteiger charge is -1.98. The fourth-order valence-electron chi connectivity index (χ4n) is 2.82. The van der Waals surface area contributed by atoms with Crippen LogP contribution in [-0.2, 0) is 7.05 Å². The Morgan fingerprint density at radius 3 is 2.52 bits per heavy atom. The van der Waals surface area contributed by atoms with Crippen molar-refractivity contribution < 1.29 is 4.79 Å². The van der Waals surface area contributed by atoms with Crippen LogP contribution in [0.15, 0.2) is 66.7 Å². The van der Waals surface area contributed by atoms with Gasteiger partial charge < -0.3 is 4.57 Å². The van der Waals surface area contributed by atoms with Crippen LogP contribution in [-0.4, -0.2) is 10.4 Å². The van der Waals surface area contributed by atoms with Gasteiger partial charge in [-0.05, 0) is 41.8 Å². The van der Waals surface area contributed by atoms with Gasteiger partial charge in [0.2, 0.25) is 0 Å². The minimum Gasteiger partial charge on any atom is -0.344 e. The van der Waals surface area contributed by atoms with E-state index in [2.05, 4.69) is 22.8 Å². The number of nitrogens with zero attached hydrogens (tertiary/aromatic N) is 1. The van der Waals surface area contributed by atoms with Gasteiger partial charge in [-0.25, -0.2) is 0 Å². The summed E-state index contributed by atoms with van der Waals surface area (Å²) in [6, 6.07) is 20.4. The van der Waals surface area contributed by atoms with Crippen LogP contribution in [0.5, 0.6) is 0 Å². The van der Waals surface area contributed by atoms with Crippen molar-refractivity contribution in [1.82, 2.24) is 4.57 Å². The summed E-state index contributed by atoms with van der Waals surface area (Å²) in [5.41, 5.74) is 2.20. The highest BCUT2D eigenvalue weighted by atomic mass is 32.1. The summed E-state index contributed by atoms with van der Waals surface area (Å²) in [5, 5.41) is 2.31. The predicted octanol–water partition coefficient (Wildman–Crippen LogP) is 5.29. The Morgan fingerprint density at radius 2 is 1.74 bits per heavy atom. The first kappa shape index (κ1) is 14.0. The molecule has 0 amide bonds. The van der Waals surface area contributed by atoms with Crippen molar-refractivity contribution in [2.45, 2.75) is 0 Å². The summed E-state index contributed by atoms with van der Waals surface area (Å²) >= 11 is 1.54. The number of allylic oxidation sites excluding steroid dienone is 1. The quantitative estimate of drug-likeness (QED) is 0.372. The monoisotopic (exact) mass is 317 g/mol. The number of rotatable bonds is 3. The molecule has 0 fully saturated rings. The maximum Gasteiger partial charge on any atom is 0.195 e. The van der Waals surface area contributed by atoms with E-state index in [0.717, 1.165) is 20.7 Å². The molecule has 0 saturated heterocycles. The Hall–Kier alpha value is -2.65. The molecular weight excluding hydrogens is 302 g/mol. The van der Waals surface area contributed by atoms with Gasteiger partial charge in [0.15, 0.2) is 5.78 Å². The van der Waals surface area contributed by atoms with E-state index in [0.29, 0.717) is 0 Å². The smallest absolute Gasteiger partial charge is 0.195 e. The summed E-state index contributed by atoms with van der Waals surface area (Å²) in [7, 11) is 2.02. The summed E-state index contributed by atoms with van der Waals surface area (Å²) in [6.45, 7) is 0. The standard InChI is InChI=1S/C20H15NOS/c1-21-16(12-14-6-2-4-8-17(14)21)10-11-18(22)20-13-15-7-3-5-9-19(15)23-20/h2-13H,1H3/b11-10+. The lowest BCUT2D eigenvalue weighted by atomic mass is 10.2. The van der Waals surface area contributed by atoms with E-state index in [-0.39, 0.29) is 5.78 Å². The number of aromatic nitrogens is 1. The van der Waals surface area contributed by atoms with Crippen LogP contribution < -0.4 is 0 Å². The number of hydrogen-bond acceptors (Lipinski definition) is 2. The maximum atomic E-state index is 12.4. The number of carbonyl (C=O) groups excluding carboxylic acids is 1. The summed E-state index contributed by atoms with van der Waals surface area (Å²) in [4.78, 5) is 13.2. The maximum absolute atomic E-state index is 12.4. The summed E-state index contributed by atoms with van der Waals surface area (Å²) in [5.74, 6) is 0.0523. The van der Waals surface area contributed by atoms with Gasteiger partial charge in [-0.3, -0.25) is 4.79 Å². The minimum atomic E-state index is 0.0523. The molecule has 0 bridgehead atoms. The van der Waals surface area contributed by atoms with Gasteiger partial charge in [-0.2, -0.15) is 0 Å². The molecule has 0 aliphatic carbocycles. The Bertz CT molecular complexity index is 1020. The van der Waals surface area contributed by atoms with E-state index in [9.17, 15) is 4.79 Å². The molecule has 2 nitrogen and oxygen atoms in total. The van der Waals surface area contributed by atoms with Gasteiger partial charge in [0, 0.05) is 28.3 Å². The van der Waals surface area contributed by atoms with E-state index in [1.807, 2.05) is 55.6 Å². The number of hydrogen-bond donors (Lipinski definition) is 0. The zero-order chi connectivity index (χ0) is 15.8. The molecule has 0 unspecified atom stereocenters. The van der Waals surface area contributed by atoms with Crippen LogP contribution in [0.1, 0.15) is 15.4 Å². The highest BCUT2D eigenvalue weighted by Gasteiger charge is 2.08. The van der Waals surface area contributed by atoms with Crippen molar-refractivity contribution in [2.75, 3.05) is 0 Å². The SMILES string of the molecule is Cn1c(/C=C/C(=O)c2cc3ccccc3s2)cc2ccccc21. The van der Waals surface area contributed by atoms with Gasteiger partial charge in [0.1, 0.15) is 0 Å². The van der Waals surface area contributed by atoms with Crippen LogP contribution in [0, 0.1) is 0 Å². The number of carbonyl (C=O) groups is 1. The summed E-state index contributed by atoms with van der Waals surface area (Å²) < 4.78 is 3.25. The topological polar surface area (TPSA) is 22.0 Å². The van der Waals surface area contributed by atoms with Crippen LogP contribution in [0.25, 0.3) is 27.1 Å². The molecule has 0 N–H and O–H groups in total. The van der Waals surface area contributed by atoms with Gasteiger partial charge >= 0.3 is 0 Å². The van der Waals surface area contributed by atoms with Gasteiger partial charge in [0.05, 0.1) is 4.88 Å². The van der Waals surface area contributed by atoms with Crippen LogP contribution in [0.4, 0.5) is 0 Å². The van der Waals surface area contributed by atoms with Crippen molar-refractivity contribution in [1.29, 1.82) is 0 Å². The van der Waals surface area contributed by atoms with Crippen LogP contribution in [0.2, 0.25) is 0 Å². The van der Waals surface area contributed by atoms with Crippen molar-refractivity contribution in [3.8, 4) is 0 Å². The molecule has 23 heavy (non-hydrogen) atoms. The molecule has 2 heterocycles. The van der Waals surface area contributed by atoms with E-state index >= 15 is 0 Å². The minimum absolute atomic E-state index is 0.0523. The molecule has 0 aliphatic rings. The van der Waals surface area contributed by atoms with E-state index in [1.54, 1.807) is 17.4 Å². The molecular formula is C20H15NOS. The molecule has 3 heteroatoms. The van der Waals surface area contributed by atoms with E-state index < -0.39 is 0 Å². The molecule has 0 aliphatic heterocycles. The third-order valence-corrected chi connectivity index (χ3v) is 5.19. The molecule has 4 aromatic rings. The number of benzene rings is 2. The predicted molar refractivity (Wildman–Crippen MR) is 98.1 cm³/mol. The molecule has 0 saturated carbocycles. The third kappa shape index (κ3) is 2.49. The van der Waals surface area contributed by atoms with Crippen LogP contribution in [0.3, 0.4) is 0 Å². The molecule has 112 valence electrons. The molecule has 2 aromatic carbocycles. The first-order chi connectivity index (χ1) is 11.2. The van der Waals surface area contributed by atoms with Gasteiger partial charge in [0.25, 0.3) is 0 Å². The van der Waals surface area contributed by atoms with Crippen LogP contribution >= 0.6 is 11.3 Å². The van der Waals surface area contributed by atoms with Crippen molar-refractivity contribution in [2.24, 2.45) is 7.05 Å². The highest BCUT2D eigenvalue weighted by molar-refractivity contribution is 7.21. The second-order valence-corrected chi connectivity index (χ2v) is 6.62. The molecule has 2 aromatic heterocycles. The lowest BCUT2D eigenvalue weighted by Crippen LogP contribution is -1.92. The largest absolute Gasteiger partial charge is 0.344 e. The fourth-order valence-corrected chi connectivity index (χ4v) is 3.80. The number of fused-ring (bicyclic) bond motifs is 2. The fraction of sp³-hybridized carbons (Fsp3) is 0.0500. The second kappa shape index (κ2) is 5.52. The molecule has 0 atom stereocenters. The van der Waals surface area contributed by atoms with Gasteiger partial charge in [-0.15, -0.1) is 11.3 Å². The Kier molecular flexibility index (Phi) is 3.36. The number of thiophene rings is 1. The highest BCUT2D eigenvalue weighted by Crippen LogP contribution is 2.26. The van der Waals surface area contributed by atoms with E-state index in [1.165, 1.54) is 10.9 Å². The first-order valence-corrected chi connectivity index (χ1v) is 8.29. The van der Waals surface area contributed by atoms with Crippen molar-refractivity contribution in [3.05, 3.63) is 77.3 Å². The number of aryl methyl sites for hydroxylation is 1. The van der Waals surface area contributed by atoms with Crippen molar-refractivity contribution in [3.63, 3.8) is 0 Å². The number of ketones is 1. The zero-order valence-electron chi connectivity index (χ0n) is 12.7. The molecule has 4 rings (SSSR count). The lowest BCUT2D eigenvalue weighted by molar-refractivity contribution is 0.105. The molecule has 0 spiro atoms. The third-order valence-electron chi connectivity index (χ3n) is 4.06. The first-order valence-electron chi connectivity index (χ1n) is 7.48. The Morgan fingerprint density at radius 1 is 1.00 bits per heavy atom. The van der Waals surface area contributed by atoms with E-state index in [4.69, 9.17) is 0 Å².